The molecule has 5 nitrogen and oxygen atoms in total. The molecule has 2 saturated heterocycles. The highest BCUT2D eigenvalue weighted by atomic mass is 16.6. The summed E-state index contributed by atoms with van der Waals surface area (Å²) in [6, 6.07) is 10.4. The Morgan fingerprint density at radius 3 is 2.32 bits per heavy atom. The molecule has 2 amide bonds. The second-order valence-electron chi connectivity index (χ2n) is 8.33. The Bertz CT molecular complexity index is 632. The molecule has 1 aromatic carbocycles. The van der Waals surface area contributed by atoms with Crippen LogP contribution in [0.4, 0.5) is 4.79 Å². The molecule has 1 aromatic rings. The number of rotatable bonds is 3. The minimum Gasteiger partial charge on any atom is -0.444 e. The van der Waals surface area contributed by atoms with Crippen LogP contribution >= 0.6 is 0 Å². The van der Waals surface area contributed by atoms with Gasteiger partial charge in [0.2, 0.25) is 5.91 Å². The van der Waals surface area contributed by atoms with Gasteiger partial charge in [-0.25, -0.2) is 4.79 Å². The first-order chi connectivity index (χ1) is 11.7. The van der Waals surface area contributed by atoms with E-state index in [-0.39, 0.29) is 24.0 Å². The van der Waals surface area contributed by atoms with Gasteiger partial charge in [-0.15, -0.1) is 0 Å². The van der Waals surface area contributed by atoms with Crippen molar-refractivity contribution in [2.75, 3.05) is 19.6 Å². The summed E-state index contributed by atoms with van der Waals surface area (Å²) in [4.78, 5) is 28.3. The molecule has 0 saturated carbocycles. The lowest BCUT2D eigenvalue weighted by Crippen LogP contribution is -2.55. The van der Waals surface area contributed by atoms with Crippen LogP contribution in [0.3, 0.4) is 0 Å². The Morgan fingerprint density at radius 2 is 1.76 bits per heavy atom. The summed E-state index contributed by atoms with van der Waals surface area (Å²) < 4.78 is 5.36. The molecule has 25 heavy (non-hydrogen) atoms. The summed E-state index contributed by atoms with van der Waals surface area (Å²) in [7, 11) is 0. The van der Waals surface area contributed by atoms with E-state index < -0.39 is 5.60 Å². The number of carbonyl (C=O) groups excluding carboxylic acids is 2. The van der Waals surface area contributed by atoms with Crippen molar-refractivity contribution in [2.45, 2.75) is 45.8 Å². The number of hydrogen-bond donors (Lipinski definition) is 0. The molecule has 0 aromatic heterocycles. The summed E-state index contributed by atoms with van der Waals surface area (Å²) >= 11 is 0. The number of amides is 2. The third-order valence-electron chi connectivity index (χ3n) is 4.89. The maximum Gasteiger partial charge on any atom is 0.410 e. The molecule has 2 aliphatic heterocycles. The van der Waals surface area contributed by atoms with Gasteiger partial charge < -0.3 is 14.5 Å². The van der Waals surface area contributed by atoms with E-state index in [9.17, 15) is 9.59 Å². The Morgan fingerprint density at radius 1 is 1.12 bits per heavy atom. The van der Waals surface area contributed by atoms with Crippen LogP contribution in [0.5, 0.6) is 0 Å². The Balaban J connectivity index is 1.49. The molecule has 2 atom stereocenters. The molecule has 2 heterocycles. The van der Waals surface area contributed by atoms with Gasteiger partial charge in [0.15, 0.2) is 0 Å². The van der Waals surface area contributed by atoms with Crippen molar-refractivity contribution in [2.24, 2.45) is 11.8 Å². The van der Waals surface area contributed by atoms with E-state index in [1.165, 1.54) is 5.56 Å². The molecule has 2 aliphatic rings. The maximum atomic E-state index is 12.7. The SMILES string of the molecule is CC1CN(C(=O)CC2CN(C(=O)OC(C)(C)C)C2)C1c1ccccc1. The molecule has 0 radical (unpaired) electrons. The summed E-state index contributed by atoms with van der Waals surface area (Å²) in [5.41, 5.74) is 0.730. The Labute approximate surface area is 149 Å². The van der Waals surface area contributed by atoms with Crippen molar-refractivity contribution < 1.29 is 14.3 Å². The highest BCUT2D eigenvalue weighted by molar-refractivity contribution is 5.78. The van der Waals surface area contributed by atoms with E-state index in [4.69, 9.17) is 4.74 Å². The summed E-state index contributed by atoms with van der Waals surface area (Å²) in [5.74, 6) is 0.930. The average molecular weight is 344 g/mol. The average Bonchev–Trinajstić information content (AvgIpc) is 2.46. The second-order valence-corrected chi connectivity index (χ2v) is 8.33. The molecule has 0 aliphatic carbocycles. The zero-order valence-electron chi connectivity index (χ0n) is 15.6. The van der Waals surface area contributed by atoms with Crippen LogP contribution < -0.4 is 0 Å². The van der Waals surface area contributed by atoms with Gasteiger partial charge in [-0.3, -0.25) is 4.79 Å². The molecule has 2 fully saturated rings. The molecule has 0 bridgehead atoms. The van der Waals surface area contributed by atoms with E-state index in [1.54, 1.807) is 4.90 Å². The van der Waals surface area contributed by atoms with Gasteiger partial charge in [-0.2, -0.15) is 0 Å². The predicted molar refractivity (Wildman–Crippen MR) is 96.0 cm³/mol. The zero-order valence-corrected chi connectivity index (χ0v) is 15.6. The van der Waals surface area contributed by atoms with Crippen molar-refractivity contribution in [1.82, 2.24) is 9.80 Å². The van der Waals surface area contributed by atoms with Crippen molar-refractivity contribution in [3.8, 4) is 0 Å². The van der Waals surface area contributed by atoms with E-state index in [1.807, 2.05) is 43.9 Å². The van der Waals surface area contributed by atoms with Crippen LogP contribution in [-0.4, -0.2) is 47.0 Å². The molecule has 2 unspecified atom stereocenters. The zero-order chi connectivity index (χ0) is 18.2. The Hall–Kier alpha value is -2.04. The standard InChI is InChI=1S/C20H28N2O3/c1-14-11-22(18(14)16-8-6-5-7-9-16)17(23)10-15-12-21(13-15)19(24)25-20(2,3)4/h5-9,14-15,18H,10-13H2,1-4H3. The first-order valence-corrected chi connectivity index (χ1v) is 9.07. The molecule has 136 valence electrons. The van der Waals surface area contributed by atoms with Crippen molar-refractivity contribution in [3.05, 3.63) is 35.9 Å². The number of likely N-dealkylation sites (tertiary alicyclic amines) is 2. The fourth-order valence-corrected chi connectivity index (χ4v) is 3.65. The number of nitrogens with zero attached hydrogens (tertiary/aromatic N) is 2. The quantitative estimate of drug-likeness (QED) is 0.844. The van der Waals surface area contributed by atoms with Crippen LogP contribution in [0.1, 0.15) is 45.7 Å². The van der Waals surface area contributed by atoms with Gasteiger partial charge >= 0.3 is 6.09 Å². The number of benzene rings is 1. The van der Waals surface area contributed by atoms with Gasteiger partial charge in [0, 0.05) is 32.0 Å². The van der Waals surface area contributed by atoms with Crippen LogP contribution in [0.15, 0.2) is 30.3 Å². The molecule has 5 heteroatoms. The van der Waals surface area contributed by atoms with E-state index in [0.717, 1.165) is 6.54 Å². The largest absolute Gasteiger partial charge is 0.444 e. The van der Waals surface area contributed by atoms with Gasteiger partial charge in [-0.1, -0.05) is 37.3 Å². The van der Waals surface area contributed by atoms with E-state index >= 15 is 0 Å². The van der Waals surface area contributed by atoms with Crippen molar-refractivity contribution >= 4 is 12.0 Å². The fourth-order valence-electron chi connectivity index (χ4n) is 3.65. The van der Waals surface area contributed by atoms with Gasteiger partial charge in [0.1, 0.15) is 5.60 Å². The smallest absolute Gasteiger partial charge is 0.410 e. The highest BCUT2D eigenvalue weighted by Crippen LogP contribution is 2.39. The summed E-state index contributed by atoms with van der Waals surface area (Å²) in [5, 5.41) is 0. The molecular formula is C20H28N2O3. The molecule has 3 rings (SSSR count). The van der Waals surface area contributed by atoms with Gasteiger partial charge in [0.25, 0.3) is 0 Å². The minimum atomic E-state index is -0.478. The first-order valence-electron chi connectivity index (χ1n) is 9.07. The van der Waals surface area contributed by atoms with Crippen molar-refractivity contribution in [3.63, 3.8) is 0 Å². The monoisotopic (exact) mass is 344 g/mol. The molecule has 0 N–H and O–H groups in total. The lowest BCUT2D eigenvalue weighted by molar-refractivity contribution is -0.146. The van der Waals surface area contributed by atoms with Crippen LogP contribution in [0, 0.1) is 11.8 Å². The van der Waals surface area contributed by atoms with E-state index in [2.05, 4.69) is 19.1 Å². The van der Waals surface area contributed by atoms with Crippen molar-refractivity contribution in [1.29, 1.82) is 0 Å². The number of hydrogen-bond acceptors (Lipinski definition) is 3. The first kappa shape index (κ1) is 17.8. The summed E-state index contributed by atoms with van der Waals surface area (Å²) in [6.07, 6.45) is 0.228. The van der Waals surface area contributed by atoms with Gasteiger partial charge in [0.05, 0.1) is 6.04 Å². The number of ether oxygens (including phenoxy) is 1. The lowest BCUT2D eigenvalue weighted by atomic mass is 9.83. The Kier molecular flexibility index (Phi) is 4.76. The third kappa shape index (κ3) is 3.97. The van der Waals surface area contributed by atoms with Gasteiger partial charge in [-0.05, 0) is 32.3 Å². The lowest BCUT2D eigenvalue weighted by Gasteiger charge is -2.48. The second kappa shape index (κ2) is 6.70. The summed E-state index contributed by atoms with van der Waals surface area (Å²) in [6.45, 7) is 9.82. The normalized spacial score (nSPS) is 23.7. The molecular weight excluding hydrogens is 316 g/mol. The third-order valence-corrected chi connectivity index (χ3v) is 4.89. The van der Waals surface area contributed by atoms with Crippen LogP contribution in [-0.2, 0) is 9.53 Å². The van der Waals surface area contributed by atoms with E-state index in [0.29, 0.717) is 25.4 Å². The predicted octanol–water partition coefficient (Wildman–Crippen LogP) is 3.46. The number of carbonyl (C=O) groups is 2. The minimum absolute atomic E-state index is 0.190. The fraction of sp³-hybridized carbons (Fsp3) is 0.600. The maximum absolute atomic E-state index is 12.7. The highest BCUT2D eigenvalue weighted by Gasteiger charge is 2.42. The van der Waals surface area contributed by atoms with Crippen LogP contribution in [0.25, 0.3) is 0 Å². The molecule has 0 spiro atoms. The topological polar surface area (TPSA) is 49.9 Å². The van der Waals surface area contributed by atoms with Crippen LogP contribution in [0.2, 0.25) is 0 Å².